The van der Waals surface area contributed by atoms with Gasteiger partial charge in [0.15, 0.2) is 0 Å². The molecule has 4 nitrogen and oxygen atoms in total. The Morgan fingerprint density at radius 1 is 0.964 bits per heavy atom. The van der Waals surface area contributed by atoms with Gasteiger partial charge in [0.2, 0.25) is 11.8 Å². The quantitative estimate of drug-likeness (QED) is 0.737. The lowest BCUT2D eigenvalue weighted by molar-refractivity contribution is -0.130. The highest BCUT2D eigenvalue weighted by molar-refractivity contribution is 5.88. The lowest BCUT2D eigenvalue weighted by Crippen LogP contribution is -2.53. The number of hydrogen-bond donors (Lipinski definition) is 2. The zero-order valence-electron chi connectivity index (χ0n) is 16.8. The number of nitrogens with one attached hydrogen (secondary N) is 2. The van der Waals surface area contributed by atoms with Gasteiger partial charge >= 0.3 is 0 Å². The van der Waals surface area contributed by atoms with E-state index >= 15 is 0 Å². The number of amides is 2. The zero-order chi connectivity index (χ0) is 20.0. The van der Waals surface area contributed by atoms with E-state index in [0.717, 1.165) is 18.4 Å². The molecule has 0 aromatic heterocycles. The Balaban J connectivity index is 1.59. The van der Waals surface area contributed by atoms with Gasteiger partial charge in [-0.15, -0.1) is 0 Å². The van der Waals surface area contributed by atoms with Gasteiger partial charge < -0.3 is 10.6 Å². The van der Waals surface area contributed by atoms with Gasteiger partial charge in [0, 0.05) is 12.0 Å². The molecule has 1 aliphatic carbocycles. The lowest BCUT2D eigenvalue weighted by atomic mass is 9.64. The molecule has 2 aromatic carbocycles. The Bertz CT molecular complexity index is 783. The standard InChI is InChI=1S/C24H30N2O2/c1-18(2)22(26-21(27)16-19-10-5-3-6-11-19)23(28)25-17-24(14-9-15-24)20-12-7-4-8-13-20/h3-8,10-13,18,22H,9,14-17H2,1-2H3,(H,25,28)(H,26,27). The van der Waals surface area contributed by atoms with Crippen LogP contribution in [-0.4, -0.2) is 24.4 Å². The zero-order valence-corrected chi connectivity index (χ0v) is 16.8. The monoisotopic (exact) mass is 378 g/mol. The minimum absolute atomic E-state index is 0.0220. The van der Waals surface area contributed by atoms with E-state index in [1.54, 1.807) is 0 Å². The number of benzene rings is 2. The van der Waals surface area contributed by atoms with E-state index in [2.05, 4.69) is 34.9 Å². The molecule has 0 spiro atoms. The van der Waals surface area contributed by atoms with E-state index in [1.165, 1.54) is 12.0 Å². The molecule has 0 aliphatic heterocycles. The molecule has 1 aliphatic rings. The Morgan fingerprint density at radius 3 is 2.11 bits per heavy atom. The van der Waals surface area contributed by atoms with E-state index in [-0.39, 0.29) is 29.6 Å². The molecule has 2 aromatic rings. The van der Waals surface area contributed by atoms with Crippen LogP contribution in [-0.2, 0) is 21.4 Å². The van der Waals surface area contributed by atoms with Crippen LogP contribution in [0.15, 0.2) is 60.7 Å². The highest BCUT2D eigenvalue weighted by atomic mass is 16.2. The summed E-state index contributed by atoms with van der Waals surface area (Å²) in [6.45, 7) is 4.54. The lowest BCUT2D eigenvalue weighted by Gasteiger charge is -2.43. The summed E-state index contributed by atoms with van der Waals surface area (Å²) in [5, 5.41) is 6.05. The van der Waals surface area contributed by atoms with Gasteiger partial charge in [0.25, 0.3) is 0 Å². The SMILES string of the molecule is CC(C)C(NC(=O)Cc1ccccc1)C(=O)NCC1(c2ccccc2)CCC1. The second-order valence-electron chi connectivity index (χ2n) is 8.17. The second kappa shape index (κ2) is 9.05. The first-order chi connectivity index (χ1) is 13.5. The van der Waals surface area contributed by atoms with Crippen molar-refractivity contribution in [3.63, 3.8) is 0 Å². The molecule has 0 bridgehead atoms. The van der Waals surface area contributed by atoms with Crippen molar-refractivity contribution in [1.82, 2.24) is 10.6 Å². The molecule has 2 N–H and O–H groups in total. The minimum Gasteiger partial charge on any atom is -0.353 e. The average molecular weight is 379 g/mol. The van der Waals surface area contributed by atoms with Crippen LogP contribution in [0.25, 0.3) is 0 Å². The van der Waals surface area contributed by atoms with Crippen molar-refractivity contribution in [2.75, 3.05) is 6.54 Å². The molecule has 0 saturated heterocycles. The van der Waals surface area contributed by atoms with E-state index in [4.69, 9.17) is 0 Å². The molecule has 3 rings (SSSR count). The highest BCUT2D eigenvalue weighted by Gasteiger charge is 2.39. The molecule has 1 unspecified atom stereocenters. The Morgan fingerprint density at radius 2 is 1.57 bits per heavy atom. The molecule has 2 amide bonds. The normalized spacial score (nSPS) is 16.1. The van der Waals surface area contributed by atoms with Crippen molar-refractivity contribution in [3.05, 3.63) is 71.8 Å². The second-order valence-corrected chi connectivity index (χ2v) is 8.17. The number of carbonyl (C=O) groups is 2. The molecular weight excluding hydrogens is 348 g/mol. The smallest absolute Gasteiger partial charge is 0.242 e. The maximum atomic E-state index is 12.9. The van der Waals surface area contributed by atoms with Crippen molar-refractivity contribution in [3.8, 4) is 0 Å². The van der Waals surface area contributed by atoms with Gasteiger partial charge in [-0.2, -0.15) is 0 Å². The van der Waals surface area contributed by atoms with Gasteiger partial charge in [-0.05, 0) is 29.9 Å². The molecule has 4 heteroatoms. The summed E-state index contributed by atoms with van der Waals surface area (Å²) >= 11 is 0. The van der Waals surface area contributed by atoms with Crippen molar-refractivity contribution < 1.29 is 9.59 Å². The molecule has 1 fully saturated rings. The first-order valence-electron chi connectivity index (χ1n) is 10.2. The molecule has 0 radical (unpaired) electrons. The molecule has 1 atom stereocenters. The number of hydrogen-bond acceptors (Lipinski definition) is 2. The van der Waals surface area contributed by atoms with Gasteiger partial charge in [0.05, 0.1) is 6.42 Å². The fraction of sp³-hybridized carbons (Fsp3) is 0.417. The van der Waals surface area contributed by atoms with Crippen LogP contribution in [0.5, 0.6) is 0 Å². The summed E-state index contributed by atoms with van der Waals surface area (Å²) < 4.78 is 0. The van der Waals surface area contributed by atoms with E-state index < -0.39 is 6.04 Å². The van der Waals surface area contributed by atoms with Gasteiger partial charge in [-0.3, -0.25) is 9.59 Å². The molecule has 1 saturated carbocycles. The Labute approximate surface area is 167 Å². The molecule has 148 valence electrons. The van der Waals surface area contributed by atoms with Gasteiger partial charge in [-0.25, -0.2) is 0 Å². The van der Waals surface area contributed by atoms with Crippen molar-refractivity contribution in [2.24, 2.45) is 5.92 Å². The summed E-state index contributed by atoms with van der Waals surface area (Å²) in [7, 11) is 0. The molecule has 28 heavy (non-hydrogen) atoms. The van der Waals surface area contributed by atoms with Crippen molar-refractivity contribution in [2.45, 2.75) is 51.0 Å². The van der Waals surface area contributed by atoms with Crippen LogP contribution in [0.3, 0.4) is 0 Å². The number of carbonyl (C=O) groups excluding carboxylic acids is 2. The predicted molar refractivity (Wildman–Crippen MR) is 112 cm³/mol. The molecule has 0 heterocycles. The predicted octanol–water partition coefficient (Wildman–Crippen LogP) is 3.61. The summed E-state index contributed by atoms with van der Waals surface area (Å²) in [6.07, 6.45) is 3.64. The first-order valence-corrected chi connectivity index (χ1v) is 10.2. The maximum Gasteiger partial charge on any atom is 0.242 e. The Kier molecular flexibility index (Phi) is 6.50. The van der Waals surface area contributed by atoms with Crippen LogP contribution in [0, 0.1) is 5.92 Å². The third-order valence-corrected chi connectivity index (χ3v) is 5.77. The van der Waals surface area contributed by atoms with Gasteiger partial charge in [0.1, 0.15) is 6.04 Å². The van der Waals surface area contributed by atoms with Crippen LogP contribution in [0.4, 0.5) is 0 Å². The topological polar surface area (TPSA) is 58.2 Å². The fourth-order valence-electron chi connectivity index (χ4n) is 3.87. The highest BCUT2D eigenvalue weighted by Crippen LogP contribution is 2.43. The van der Waals surface area contributed by atoms with Crippen molar-refractivity contribution in [1.29, 1.82) is 0 Å². The summed E-state index contributed by atoms with van der Waals surface area (Å²) in [6, 6.07) is 19.5. The van der Waals surface area contributed by atoms with Gasteiger partial charge in [-0.1, -0.05) is 80.9 Å². The summed E-state index contributed by atoms with van der Waals surface area (Å²) in [5.41, 5.74) is 2.27. The molecular formula is C24H30N2O2. The third-order valence-electron chi connectivity index (χ3n) is 5.77. The summed E-state index contributed by atoms with van der Waals surface area (Å²) in [4.78, 5) is 25.3. The fourth-order valence-corrected chi connectivity index (χ4v) is 3.87. The van der Waals surface area contributed by atoms with Crippen LogP contribution >= 0.6 is 0 Å². The largest absolute Gasteiger partial charge is 0.353 e. The third kappa shape index (κ3) is 4.80. The van der Waals surface area contributed by atoms with Crippen LogP contribution in [0.2, 0.25) is 0 Å². The van der Waals surface area contributed by atoms with Crippen LogP contribution in [0.1, 0.15) is 44.2 Å². The van der Waals surface area contributed by atoms with E-state index in [1.807, 2.05) is 50.2 Å². The maximum absolute atomic E-state index is 12.9. The Hall–Kier alpha value is -2.62. The summed E-state index contributed by atoms with van der Waals surface area (Å²) in [5.74, 6) is -0.200. The number of rotatable bonds is 8. The van der Waals surface area contributed by atoms with E-state index in [0.29, 0.717) is 6.54 Å². The van der Waals surface area contributed by atoms with Crippen molar-refractivity contribution >= 4 is 11.8 Å². The van der Waals surface area contributed by atoms with Crippen LogP contribution < -0.4 is 10.6 Å². The average Bonchev–Trinajstić information content (AvgIpc) is 2.66. The minimum atomic E-state index is -0.524. The first kappa shape index (κ1) is 20.1. The van der Waals surface area contributed by atoms with E-state index in [9.17, 15) is 9.59 Å².